The predicted molar refractivity (Wildman–Crippen MR) is 410 cm³/mol. The van der Waals surface area contributed by atoms with E-state index >= 15 is 9.59 Å². The molecule has 618 valence electrons. The third-order valence-electron chi connectivity index (χ3n) is 19.7. The Hall–Kier alpha value is -6.12. The molecule has 0 aromatic carbocycles. The molecule has 3 aliphatic heterocycles. The lowest BCUT2D eigenvalue weighted by Gasteiger charge is -2.41. The van der Waals surface area contributed by atoms with Gasteiger partial charge in [0.15, 0.2) is 12.1 Å². The zero-order valence-electron chi connectivity index (χ0n) is 69.7. The van der Waals surface area contributed by atoms with Gasteiger partial charge in [0.05, 0.1) is 19.3 Å². The molecule has 3 saturated heterocycles. The van der Waals surface area contributed by atoms with Crippen molar-refractivity contribution in [2.45, 2.75) is 280 Å². The third-order valence-corrected chi connectivity index (χ3v) is 19.7. The minimum Gasteiger partial charge on any atom is -0.394 e. The maximum atomic E-state index is 15.1. The van der Waals surface area contributed by atoms with Gasteiger partial charge in [-0.3, -0.25) is 52.7 Å². The summed E-state index contributed by atoms with van der Waals surface area (Å²) in [5.74, 6) is -10.4. The number of carbonyl (C=O) groups excluding carboxylic acids is 11. The highest BCUT2D eigenvalue weighted by Gasteiger charge is 2.57. The third kappa shape index (κ3) is 28.6. The van der Waals surface area contributed by atoms with Gasteiger partial charge in [0.2, 0.25) is 65.0 Å². The molecule has 11 amide bonds. The van der Waals surface area contributed by atoms with Crippen LogP contribution >= 0.6 is 12.4 Å². The van der Waals surface area contributed by atoms with Crippen LogP contribution in [0.5, 0.6) is 0 Å². The van der Waals surface area contributed by atoms with Gasteiger partial charge in [-0.05, 0) is 142 Å². The molecule has 0 saturated carbocycles. The zero-order valence-corrected chi connectivity index (χ0v) is 70.5. The number of rotatable bonds is 22. The van der Waals surface area contributed by atoms with Crippen LogP contribution in [0.1, 0.15) is 176 Å². The molecule has 0 aromatic rings. The predicted octanol–water partition coefficient (Wildman–Crippen LogP) is 3.24. The molecule has 3 fully saturated rings. The molecule has 31 heteroatoms. The van der Waals surface area contributed by atoms with E-state index in [1.165, 1.54) is 87.7 Å². The molecule has 3 heterocycles. The van der Waals surface area contributed by atoms with Crippen molar-refractivity contribution in [2.24, 2.45) is 41.4 Å². The normalized spacial score (nSPS) is 28.5. The fraction of sp³-hybridized carbons (Fsp3) is 0.829. The Labute approximate surface area is 644 Å². The fourth-order valence-electron chi connectivity index (χ4n) is 13.4. The molecule has 3 aliphatic rings. The largest absolute Gasteiger partial charge is 0.394 e. The number of aliphatic hydroxyl groups excluding tert-OH is 3. The Kier molecular flexibility index (Phi) is 41.8. The van der Waals surface area contributed by atoms with Crippen LogP contribution in [0.3, 0.4) is 0 Å². The molecule has 0 aromatic heterocycles. The average molecular weight is 1540 g/mol. The maximum absolute atomic E-state index is 15.1. The van der Waals surface area contributed by atoms with Crippen LogP contribution in [0, 0.1) is 41.4 Å². The summed E-state index contributed by atoms with van der Waals surface area (Å²) < 4.78 is 23.0. The first-order chi connectivity index (χ1) is 49.0. The second-order valence-electron chi connectivity index (χ2n) is 32.4. The first-order valence-corrected chi connectivity index (χ1v) is 38.0. The van der Waals surface area contributed by atoms with Gasteiger partial charge in [0.1, 0.15) is 84.8 Å². The highest BCUT2D eigenvalue weighted by molar-refractivity contribution is 5.99. The topological polar surface area (TPSA) is 359 Å². The summed E-state index contributed by atoms with van der Waals surface area (Å²) in [5.41, 5.74) is 0. The number of ether oxygens (including phenoxy) is 4. The first kappa shape index (κ1) is 98.9. The summed E-state index contributed by atoms with van der Waals surface area (Å²) in [6.07, 6.45) is 0.871. The minimum absolute atomic E-state index is 0. The van der Waals surface area contributed by atoms with Crippen molar-refractivity contribution in [3.63, 3.8) is 0 Å². The molecule has 0 radical (unpaired) electrons. The highest BCUT2D eigenvalue weighted by atomic mass is 35.5. The quantitative estimate of drug-likeness (QED) is 0.0604. The van der Waals surface area contributed by atoms with Crippen LogP contribution < -0.4 is 21.3 Å². The standard InChI is InChI=1S/C62H111N11O12.C14H27NO6.ClH/c1-25-27-28-40(15)52(75)51-56(79)65-43(26-2)58(81)67(18)33-48(74)68(19)44(29-34(3)4)55(78)66-49(38(11)12)61(84)69(20)45(30-35(5)6)54(77)63-41(16)53(76)64-42(17)57(80)70(21)46(31-36(7)8)59(82)71(22)47(32-37(9)10)60(83)72(23)50(39(13)14)62(85)73(51)24;1-14(2)20-12-11(18-7-5-6-15(3)4)10(9(17)8-16)19-13(12)21-14;/h25,27,34-47,49-52,75H,26,28-33H2,1-24H3,(H,63,77)(H,64,76)(H,65,79)(H,66,78);9-13,16-17H,5-8H2,1-4H3;1H. The molecular weight excluding hydrogens is 1400 g/mol. The second kappa shape index (κ2) is 45.3. The van der Waals surface area contributed by atoms with Crippen molar-refractivity contribution in [1.82, 2.24) is 60.5 Å². The van der Waals surface area contributed by atoms with Gasteiger partial charge >= 0.3 is 0 Å². The molecule has 0 aliphatic carbocycles. The molecule has 30 nitrogen and oxygen atoms in total. The van der Waals surface area contributed by atoms with Crippen LogP contribution in [0.15, 0.2) is 12.2 Å². The zero-order chi connectivity index (χ0) is 81.6. The van der Waals surface area contributed by atoms with E-state index in [1.54, 1.807) is 54.5 Å². The van der Waals surface area contributed by atoms with Gasteiger partial charge in [-0.1, -0.05) is 109 Å². The van der Waals surface area contributed by atoms with E-state index in [4.69, 9.17) is 24.1 Å². The number of aliphatic hydroxyl groups is 3. The SMILES string of the molecule is CC=CCC(C)C(O)C1C(=O)NC(CC)C(=O)N(C)CC(=O)N(C)C(CC(C)C)C(=O)NC(C(C)C)C(=O)N(C)C(CC(C)C)C(=O)NC(C)C(=O)NC(C)C(=O)N(C)C(CC(C)C)C(=O)N(C)C(CC(C)C)C(=O)N(C)C(C(C)C)C(=O)N1C.CN(C)CCCOC1C(C(O)CO)OC2OC(C)(C)OC21.Cl. The van der Waals surface area contributed by atoms with Crippen molar-refractivity contribution in [3.05, 3.63) is 12.2 Å². The monoisotopic (exact) mass is 1540 g/mol. The van der Waals surface area contributed by atoms with E-state index in [9.17, 15) is 53.4 Å². The average Bonchev–Trinajstić information content (AvgIpc) is 1.66. The van der Waals surface area contributed by atoms with E-state index < -0.39 is 186 Å². The van der Waals surface area contributed by atoms with Crippen LogP contribution in [0.25, 0.3) is 0 Å². The molecular formula is C76H139ClN12O18. The second-order valence-corrected chi connectivity index (χ2v) is 32.4. The molecule has 107 heavy (non-hydrogen) atoms. The molecule has 7 N–H and O–H groups in total. The first-order valence-electron chi connectivity index (χ1n) is 38.0. The molecule has 17 atom stereocenters. The van der Waals surface area contributed by atoms with Crippen molar-refractivity contribution in [3.8, 4) is 0 Å². The summed E-state index contributed by atoms with van der Waals surface area (Å²) >= 11 is 0. The summed E-state index contributed by atoms with van der Waals surface area (Å²) in [7, 11) is 13.9. The molecule has 17 unspecified atom stereocenters. The van der Waals surface area contributed by atoms with E-state index in [1.807, 2.05) is 89.4 Å². The Morgan fingerprint density at radius 1 is 0.570 bits per heavy atom. The lowest BCUT2D eigenvalue weighted by atomic mass is 9.91. The number of hydrogen-bond acceptors (Lipinski definition) is 19. The van der Waals surface area contributed by atoms with Crippen LogP contribution in [-0.2, 0) is 71.7 Å². The molecule has 0 spiro atoms. The number of carbonyl (C=O) groups is 11. The fourth-order valence-corrected chi connectivity index (χ4v) is 13.4. The lowest BCUT2D eigenvalue weighted by Crippen LogP contribution is -2.63. The molecule has 3 rings (SSSR count). The number of hydrogen-bond donors (Lipinski definition) is 7. The van der Waals surface area contributed by atoms with Crippen molar-refractivity contribution in [2.75, 3.05) is 89.7 Å². The summed E-state index contributed by atoms with van der Waals surface area (Å²) in [4.78, 5) is 171. The number of nitrogens with zero attached hydrogens (tertiary/aromatic N) is 8. The van der Waals surface area contributed by atoms with Crippen LogP contribution in [0.4, 0.5) is 0 Å². The number of likely N-dealkylation sites (N-methyl/N-ethyl adjacent to an activating group) is 7. The van der Waals surface area contributed by atoms with Crippen molar-refractivity contribution >= 4 is 77.4 Å². The Morgan fingerprint density at radius 2 is 1.04 bits per heavy atom. The minimum atomic E-state index is -1.61. The van der Waals surface area contributed by atoms with E-state index in [-0.39, 0.29) is 80.9 Å². The van der Waals surface area contributed by atoms with Crippen molar-refractivity contribution < 1.29 is 87.0 Å². The van der Waals surface area contributed by atoms with Crippen LogP contribution in [-0.4, -0.2) is 312 Å². The van der Waals surface area contributed by atoms with Gasteiger partial charge in [0, 0.05) is 55.9 Å². The summed E-state index contributed by atoms with van der Waals surface area (Å²) in [5, 5.41) is 42.1. The number of nitrogens with one attached hydrogen (secondary N) is 4. The lowest BCUT2D eigenvalue weighted by molar-refractivity contribution is -0.231. The van der Waals surface area contributed by atoms with Crippen molar-refractivity contribution in [1.29, 1.82) is 0 Å². The van der Waals surface area contributed by atoms with E-state index in [2.05, 4.69) is 26.2 Å². The Balaban J connectivity index is 0.00000220. The van der Waals surface area contributed by atoms with Gasteiger partial charge in [0.25, 0.3) is 0 Å². The van der Waals surface area contributed by atoms with Gasteiger partial charge in [-0.25, -0.2) is 0 Å². The Morgan fingerprint density at radius 3 is 1.51 bits per heavy atom. The summed E-state index contributed by atoms with van der Waals surface area (Å²) in [6, 6.07) is -12.3. The number of allylic oxidation sites excluding steroid dienone is 2. The Bertz CT molecular complexity index is 2920. The van der Waals surface area contributed by atoms with E-state index in [0.29, 0.717) is 13.0 Å². The van der Waals surface area contributed by atoms with Crippen LogP contribution in [0.2, 0.25) is 0 Å². The van der Waals surface area contributed by atoms with Gasteiger partial charge in [-0.15, -0.1) is 12.4 Å². The van der Waals surface area contributed by atoms with Gasteiger partial charge in [-0.2, -0.15) is 0 Å². The van der Waals surface area contributed by atoms with Gasteiger partial charge < -0.3 is 94.7 Å². The number of amides is 11. The maximum Gasteiger partial charge on any atom is 0.246 e. The molecule has 0 bridgehead atoms. The van der Waals surface area contributed by atoms with E-state index in [0.717, 1.165) is 22.8 Å². The summed E-state index contributed by atoms with van der Waals surface area (Å²) in [6.45, 7) is 34.0. The number of halogens is 1. The smallest absolute Gasteiger partial charge is 0.246 e. The number of fused-ring (bicyclic) bond motifs is 1. The highest BCUT2D eigenvalue weighted by Crippen LogP contribution is 2.40.